The van der Waals surface area contributed by atoms with Crippen LogP contribution < -0.4 is 4.74 Å². The van der Waals surface area contributed by atoms with Crippen LogP contribution in [0.4, 0.5) is 0 Å². The van der Waals surface area contributed by atoms with E-state index in [4.69, 9.17) is 15.8 Å². The molecule has 2 aliphatic carbocycles. The van der Waals surface area contributed by atoms with E-state index in [2.05, 4.69) is 64.0 Å². The highest BCUT2D eigenvalue weighted by atomic mass is 79.9. The molecule has 2 aromatic carbocycles. The molecule has 0 heterocycles. The molecule has 0 aliphatic heterocycles. The molecule has 2 aliphatic rings. The molecule has 2 aromatic rings. The molecular weight excluding hydrogens is 524 g/mol. The molecule has 4 atom stereocenters. The highest BCUT2D eigenvalue weighted by Gasteiger charge is 2.32. The molecule has 0 saturated heterocycles. The fourth-order valence-electron chi connectivity index (χ4n) is 4.94. The second kappa shape index (κ2) is 9.96. The van der Waals surface area contributed by atoms with Gasteiger partial charge in [0.15, 0.2) is 0 Å². The molecule has 31 heavy (non-hydrogen) atoms. The van der Waals surface area contributed by atoms with Crippen LogP contribution in [0.5, 0.6) is 11.5 Å². The van der Waals surface area contributed by atoms with Crippen LogP contribution in [0.3, 0.4) is 0 Å². The predicted molar refractivity (Wildman–Crippen MR) is 127 cm³/mol. The Balaban J connectivity index is 1.72. The summed E-state index contributed by atoms with van der Waals surface area (Å²) in [5.74, 6) is 1.81. The maximum absolute atomic E-state index is 8.98. The van der Waals surface area contributed by atoms with Crippen LogP contribution in [-0.2, 0) is 0 Å². The smallest absolute Gasteiger partial charge is 0.131 e. The van der Waals surface area contributed by atoms with Crippen molar-refractivity contribution in [2.45, 2.75) is 62.4 Å². The van der Waals surface area contributed by atoms with Gasteiger partial charge in [-0.2, -0.15) is 0 Å². The van der Waals surface area contributed by atoms with Crippen molar-refractivity contribution in [2.75, 3.05) is 0 Å². The second-order valence-corrected chi connectivity index (χ2v) is 9.92. The number of nitrogens with zero attached hydrogens (tertiary/aromatic N) is 6. The van der Waals surface area contributed by atoms with E-state index in [1.165, 1.54) is 0 Å². The Labute approximate surface area is 197 Å². The first-order valence-electron chi connectivity index (χ1n) is 10.5. The first kappa shape index (κ1) is 22.0. The van der Waals surface area contributed by atoms with Crippen molar-refractivity contribution < 1.29 is 4.74 Å². The summed E-state index contributed by atoms with van der Waals surface area (Å²) in [6.07, 6.45) is 5.76. The molecule has 0 unspecified atom stereocenters. The van der Waals surface area contributed by atoms with Crippen molar-refractivity contribution in [2.24, 2.45) is 10.2 Å². The number of hydrogen-bond acceptors (Lipinski definition) is 3. The summed E-state index contributed by atoms with van der Waals surface area (Å²) in [4.78, 5) is 6.12. The molecule has 7 nitrogen and oxygen atoms in total. The summed E-state index contributed by atoms with van der Waals surface area (Å²) in [5.41, 5.74) is 20.1. The van der Waals surface area contributed by atoms with Gasteiger partial charge in [-0.15, -0.1) is 0 Å². The van der Waals surface area contributed by atoms with E-state index in [1.54, 1.807) is 0 Å². The van der Waals surface area contributed by atoms with Gasteiger partial charge in [0.05, 0.1) is 0 Å². The van der Waals surface area contributed by atoms with Gasteiger partial charge in [-0.3, -0.25) is 0 Å². The van der Waals surface area contributed by atoms with Gasteiger partial charge in [0.25, 0.3) is 0 Å². The Morgan fingerprint density at radius 2 is 1.19 bits per heavy atom. The Hall–Kier alpha value is -2.18. The van der Waals surface area contributed by atoms with E-state index in [0.717, 1.165) is 70.1 Å². The second-order valence-electron chi connectivity index (χ2n) is 8.09. The number of ether oxygens (including phenoxy) is 1. The highest BCUT2D eigenvalue weighted by molar-refractivity contribution is 9.10. The average Bonchev–Trinajstić information content (AvgIpc) is 3.41. The average molecular weight is 546 g/mol. The van der Waals surface area contributed by atoms with Gasteiger partial charge in [0.1, 0.15) is 11.5 Å². The quantitative estimate of drug-likeness (QED) is 0.201. The number of benzene rings is 2. The van der Waals surface area contributed by atoms with Gasteiger partial charge in [0, 0.05) is 30.9 Å². The standard InChI is InChI=1S/C22H22Br2N6O/c23-13-7-9-21(17(11-13)15-3-1-5-19(15)27-29-25)31-22-10-8-14(24)12-18(22)16-4-2-6-20(16)28-30-26/h7-12,15-16,19-20H,1-6H2/t15-,16-,19-,20-/m0/s1. The first-order valence-corrected chi connectivity index (χ1v) is 12.0. The zero-order valence-electron chi connectivity index (χ0n) is 16.9. The van der Waals surface area contributed by atoms with Crippen molar-refractivity contribution in [3.8, 4) is 11.5 Å². The van der Waals surface area contributed by atoms with E-state index in [0.29, 0.717) is 0 Å². The number of rotatable bonds is 6. The van der Waals surface area contributed by atoms with Gasteiger partial charge in [0.2, 0.25) is 0 Å². The lowest BCUT2D eigenvalue weighted by molar-refractivity contribution is 0.450. The molecule has 0 radical (unpaired) electrons. The van der Waals surface area contributed by atoms with Gasteiger partial charge in [-0.25, -0.2) is 0 Å². The van der Waals surface area contributed by atoms with E-state index in [9.17, 15) is 0 Å². The summed E-state index contributed by atoms with van der Waals surface area (Å²) in [6, 6.07) is 11.9. The molecular formula is C22H22Br2N6O. The van der Waals surface area contributed by atoms with Gasteiger partial charge in [-0.05, 0) is 96.1 Å². The summed E-state index contributed by atoms with van der Waals surface area (Å²) in [6.45, 7) is 0. The van der Waals surface area contributed by atoms with Crippen LogP contribution in [0.1, 0.15) is 61.5 Å². The molecule has 2 fully saturated rings. The number of hydrogen-bond donors (Lipinski definition) is 0. The van der Waals surface area contributed by atoms with Crippen LogP contribution in [0.25, 0.3) is 20.9 Å². The lowest BCUT2D eigenvalue weighted by Gasteiger charge is -2.23. The third kappa shape index (κ3) is 4.85. The van der Waals surface area contributed by atoms with Crippen LogP contribution in [-0.4, -0.2) is 12.1 Å². The minimum absolute atomic E-state index is 0.0600. The van der Waals surface area contributed by atoms with Crippen molar-refractivity contribution in [1.82, 2.24) is 0 Å². The molecule has 0 aromatic heterocycles. The summed E-state index contributed by atoms with van der Waals surface area (Å²) in [5, 5.41) is 8.08. The summed E-state index contributed by atoms with van der Waals surface area (Å²) < 4.78 is 8.46. The van der Waals surface area contributed by atoms with Gasteiger partial charge >= 0.3 is 0 Å². The van der Waals surface area contributed by atoms with Crippen LogP contribution in [0.2, 0.25) is 0 Å². The SMILES string of the molecule is [N-]=[N+]=N[C@H]1CCC[C@H]1c1cc(Br)ccc1Oc1ccc(Br)cc1[C@@H]1CCC[C@@H]1N=[N+]=[N-]. The van der Waals surface area contributed by atoms with Crippen molar-refractivity contribution in [3.05, 3.63) is 77.4 Å². The minimum Gasteiger partial charge on any atom is -0.457 e. The summed E-state index contributed by atoms with van der Waals surface area (Å²) >= 11 is 7.16. The third-order valence-electron chi connectivity index (χ3n) is 6.32. The van der Waals surface area contributed by atoms with Crippen LogP contribution in [0, 0.1) is 0 Å². The lowest BCUT2D eigenvalue weighted by Crippen LogP contribution is -2.12. The zero-order valence-corrected chi connectivity index (χ0v) is 20.0. The maximum Gasteiger partial charge on any atom is 0.131 e. The fraction of sp³-hybridized carbons (Fsp3) is 0.455. The lowest BCUT2D eigenvalue weighted by atomic mass is 9.92. The molecule has 0 spiro atoms. The van der Waals surface area contributed by atoms with E-state index in [-0.39, 0.29) is 23.9 Å². The van der Waals surface area contributed by atoms with Crippen LogP contribution >= 0.6 is 31.9 Å². The third-order valence-corrected chi connectivity index (χ3v) is 7.31. The molecule has 9 heteroatoms. The van der Waals surface area contributed by atoms with Gasteiger partial charge < -0.3 is 4.74 Å². The fourth-order valence-corrected chi connectivity index (χ4v) is 5.70. The minimum atomic E-state index is -0.0600. The number of azide groups is 2. The topological polar surface area (TPSA) is 107 Å². The molecule has 2 saturated carbocycles. The normalized spacial score (nSPS) is 25.0. The van der Waals surface area contributed by atoms with Crippen molar-refractivity contribution >= 4 is 31.9 Å². The molecule has 0 amide bonds. The van der Waals surface area contributed by atoms with E-state index < -0.39 is 0 Å². The Kier molecular flexibility index (Phi) is 7.08. The predicted octanol–water partition coefficient (Wildman–Crippen LogP) is 8.90. The molecule has 4 rings (SSSR count). The zero-order chi connectivity index (χ0) is 21.8. The van der Waals surface area contributed by atoms with Crippen molar-refractivity contribution in [1.29, 1.82) is 0 Å². The summed E-state index contributed by atoms with van der Waals surface area (Å²) in [7, 11) is 0. The largest absolute Gasteiger partial charge is 0.457 e. The van der Waals surface area contributed by atoms with Crippen LogP contribution in [0.15, 0.2) is 55.6 Å². The maximum atomic E-state index is 8.98. The number of halogens is 2. The molecule has 0 N–H and O–H groups in total. The molecule has 0 bridgehead atoms. The Morgan fingerprint density at radius 3 is 1.61 bits per heavy atom. The first-order chi connectivity index (χ1) is 15.1. The monoisotopic (exact) mass is 544 g/mol. The van der Waals surface area contributed by atoms with E-state index in [1.807, 2.05) is 24.3 Å². The van der Waals surface area contributed by atoms with Crippen molar-refractivity contribution in [3.63, 3.8) is 0 Å². The van der Waals surface area contributed by atoms with E-state index >= 15 is 0 Å². The Bertz CT molecular complexity index is 980. The Morgan fingerprint density at radius 1 is 0.742 bits per heavy atom. The molecule has 160 valence electrons. The highest BCUT2D eigenvalue weighted by Crippen LogP contribution is 2.46. The van der Waals surface area contributed by atoms with Gasteiger partial charge in [-0.1, -0.05) is 54.9 Å².